The summed E-state index contributed by atoms with van der Waals surface area (Å²) in [7, 11) is 0. The highest BCUT2D eigenvalue weighted by Crippen LogP contribution is 2.34. The van der Waals surface area contributed by atoms with Gasteiger partial charge in [-0.05, 0) is 53.4 Å². The third-order valence-corrected chi connectivity index (χ3v) is 5.62. The molecule has 1 aliphatic rings. The van der Waals surface area contributed by atoms with Gasteiger partial charge in [0.05, 0.1) is 16.8 Å². The van der Waals surface area contributed by atoms with E-state index in [1.165, 1.54) is 24.3 Å². The smallest absolute Gasteiger partial charge is 0.404 e. The summed E-state index contributed by atoms with van der Waals surface area (Å²) >= 11 is 5.86. The highest BCUT2D eigenvalue weighted by atomic mass is 35.5. The van der Waals surface area contributed by atoms with Crippen LogP contribution in [0.2, 0.25) is 5.02 Å². The molecule has 0 fully saturated rings. The van der Waals surface area contributed by atoms with Gasteiger partial charge >= 0.3 is 6.36 Å². The fourth-order valence-electron chi connectivity index (χ4n) is 3.82. The average Bonchev–Trinajstić information content (AvgIpc) is 3.21. The molecule has 0 saturated heterocycles. The van der Waals surface area contributed by atoms with E-state index in [0.29, 0.717) is 23.2 Å². The van der Waals surface area contributed by atoms with Crippen LogP contribution in [-0.2, 0) is 11.2 Å². The summed E-state index contributed by atoms with van der Waals surface area (Å²) in [4.78, 5) is 24.8. The molecule has 4 nitrogen and oxygen atoms in total. The van der Waals surface area contributed by atoms with E-state index in [-0.39, 0.29) is 35.0 Å². The van der Waals surface area contributed by atoms with Gasteiger partial charge in [0, 0.05) is 19.0 Å². The summed E-state index contributed by atoms with van der Waals surface area (Å²) in [5.41, 5.74) is 1.44. The van der Waals surface area contributed by atoms with E-state index in [2.05, 4.69) is 4.74 Å². The zero-order valence-electron chi connectivity index (χ0n) is 16.5. The molecule has 0 spiro atoms. The van der Waals surface area contributed by atoms with Crippen molar-refractivity contribution >= 4 is 23.2 Å². The third kappa shape index (κ3) is 4.55. The number of Topliss-reactive ketones (excluding diaryl/α,β-unsaturated/α-hetero) is 2. The van der Waals surface area contributed by atoms with Crippen LogP contribution in [0.3, 0.4) is 0 Å². The molecule has 2 aromatic carbocycles. The molecule has 1 aliphatic heterocycles. The second-order valence-corrected chi connectivity index (χ2v) is 7.83. The number of aromatic nitrogens is 1. The summed E-state index contributed by atoms with van der Waals surface area (Å²) in [5, 5.41) is -0.270. The van der Waals surface area contributed by atoms with Gasteiger partial charge in [0.25, 0.3) is 0 Å². The molecule has 0 radical (unpaired) electrons. The minimum absolute atomic E-state index is 0.0279. The molecule has 0 N–H and O–H groups in total. The maximum Gasteiger partial charge on any atom is 0.573 e. The van der Waals surface area contributed by atoms with Crippen LogP contribution in [0.25, 0.3) is 11.1 Å². The van der Waals surface area contributed by atoms with E-state index in [9.17, 15) is 27.2 Å². The first-order valence-corrected chi connectivity index (χ1v) is 10.1. The van der Waals surface area contributed by atoms with Crippen molar-refractivity contribution in [3.63, 3.8) is 0 Å². The first kappa shape index (κ1) is 22.1. The van der Waals surface area contributed by atoms with Gasteiger partial charge in [0.2, 0.25) is 0 Å². The van der Waals surface area contributed by atoms with E-state index in [1.807, 2.05) is 0 Å². The van der Waals surface area contributed by atoms with Crippen molar-refractivity contribution in [3.8, 4) is 16.9 Å². The summed E-state index contributed by atoms with van der Waals surface area (Å²) < 4.78 is 57.4. The molecule has 4 rings (SSSR count). The van der Waals surface area contributed by atoms with E-state index in [0.717, 1.165) is 6.07 Å². The highest BCUT2D eigenvalue weighted by molar-refractivity contribution is 6.32. The van der Waals surface area contributed by atoms with Crippen molar-refractivity contribution in [1.82, 2.24) is 4.57 Å². The minimum atomic E-state index is -4.88. The Bertz CT molecular complexity index is 1200. The van der Waals surface area contributed by atoms with Gasteiger partial charge in [0.1, 0.15) is 11.6 Å². The molecule has 2 heterocycles. The Kier molecular flexibility index (Phi) is 5.81. The van der Waals surface area contributed by atoms with Crippen LogP contribution in [0.15, 0.2) is 54.7 Å². The van der Waals surface area contributed by atoms with Crippen LogP contribution in [-0.4, -0.2) is 22.5 Å². The SMILES string of the molecule is O=C1CCC(C(=O)Cc2ccc(-c3ccc(OC(F)(F)F)c(Cl)c3)cc2F)n2cccc21. The number of hydrogen-bond acceptors (Lipinski definition) is 3. The van der Waals surface area contributed by atoms with Crippen molar-refractivity contribution in [1.29, 1.82) is 0 Å². The number of halogens is 5. The predicted octanol–water partition coefficient (Wildman–Crippen LogP) is 6.18. The maximum absolute atomic E-state index is 14.7. The van der Waals surface area contributed by atoms with Crippen LogP contribution in [0.4, 0.5) is 17.6 Å². The van der Waals surface area contributed by atoms with E-state index in [1.54, 1.807) is 29.0 Å². The number of alkyl halides is 3. The van der Waals surface area contributed by atoms with Gasteiger partial charge in [-0.2, -0.15) is 0 Å². The molecule has 32 heavy (non-hydrogen) atoms. The van der Waals surface area contributed by atoms with Crippen molar-refractivity contribution < 1.29 is 31.9 Å². The molecular formula is C23H16ClF4NO3. The molecule has 1 aromatic heterocycles. The van der Waals surface area contributed by atoms with Crippen molar-refractivity contribution in [3.05, 3.63) is 76.8 Å². The lowest BCUT2D eigenvalue weighted by Crippen LogP contribution is -2.28. The normalized spacial score (nSPS) is 16.0. The molecule has 9 heteroatoms. The first-order valence-electron chi connectivity index (χ1n) is 9.69. The molecular weight excluding hydrogens is 450 g/mol. The Morgan fingerprint density at radius 2 is 1.84 bits per heavy atom. The number of benzene rings is 2. The standard InChI is InChI=1S/C23H16ClF4NO3/c24-16-10-13(5-8-22(16)32-23(26,27)28)14-3-4-15(17(25)11-14)12-21(31)19-6-7-20(30)18-2-1-9-29(18)19/h1-5,8-11,19H,6-7,12H2. The van der Waals surface area contributed by atoms with Gasteiger partial charge in [-0.3, -0.25) is 9.59 Å². The highest BCUT2D eigenvalue weighted by Gasteiger charge is 2.32. The summed E-state index contributed by atoms with van der Waals surface area (Å²) in [6, 6.07) is 10.7. The van der Waals surface area contributed by atoms with Gasteiger partial charge in [0.15, 0.2) is 11.6 Å². The number of ether oxygens (including phenoxy) is 1. The van der Waals surface area contributed by atoms with E-state index >= 15 is 0 Å². The van der Waals surface area contributed by atoms with Crippen LogP contribution in [0.1, 0.15) is 34.9 Å². The van der Waals surface area contributed by atoms with Crippen LogP contribution >= 0.6 is 11.6 Å². The fraction of sp³-hybridized carbons (Fsp3) is 0.217. The van der Waals surface area contributed by atoms with E-state index < -0.39 is 24.0 Å². The zero-order chi connectivity index (χ0) is 23.0. The topological polar surface area (TPSA) is 48.3 Å². The lowest BCUT2D eigenvalue weighted by Gasteiger charge is -2.24. The van der Waals surface area contributed by atoms with Crippen LogP contribution in [0, 0.1) is 5.82 Å². The second-order valence-electron chi connectivity index (χ2n) is 7.42. The molecule has 0 bridgehead atoms. The summed E-state index contributed by atoms with van der Waals surface area (Å²) in [5.74, 6) is -1.42. The number of carbonyl (C=O) groups is 2. The Morgan fingerprint density at radius 3 is 2.53 bits per heavy atom. The van der Waals surface area contributed by atoms with Gasteiger partial charge < -0.3 is 9.30 Å². The van der Waals surface area contributed by atoms with Gasteiger partial charge in [-0.15, -0.1) is 13.2 Å². The number of hydrogen-bond donors (Lipinski definition) is 0. The number of carbonyl (C=O) groups excluding carboxylic acids is 2. The molecule has 0 aliphatic carbocycles. The van der Waals surface area contributed by atoms with E-state index in [4.69, 9.17) is 11.6 Å². The predicted molar refractivity (Wildman–Crippen MR) is 109 cm³/mol. The Morgan fingerprint density at radius 1 is 1.12 bits per heavy atom. The average molecular weight is 466 g/mol. The van der Waals surface area contributed by atoms with Gasteiger partial charge in [-0.25, -0.2) is 4.39 Å². The van der Waals surface area contributed by atoms with Crippen molar-refractivity contribution in [2.75, 3.05) is 0 Å². The van der Waals surface area contributed by atoms with Crippen molar-refractivity contribution in [2.45, 2.75) is 31.7 Å². The van der Waals surface area contributed by atoms with Gasteiger partial charge in [-0.1, -0.05) is 29.8 Å². The molecule has 0 saturated carbocycles. The van der Waals surface area contributed by atoms with Crippen LogP contribution < -0.4 is 4.74 Å². The molecule has 0 amide bonds. The summed E-state index contributed by atoms with van der Waals surface area (Å²) in [6.45, 7) is 0. The number of ketones is 2. The number of rotatable bonds is 5. The molecule has 166 valence electrons. The zero-order valence-corrected chi connectivity index (χ0v) is 17.2. The number of fused-ring (bicyclic) bond motifs is 1. The third-order valence-electron chi connectivity index (χ3n) is 5.33. The molecule has 1 atom stereocenters. The van der Waals surface area contributed by atoms with Crippen LogP contribution in [0.5, 0.6) is 5.75 Å². The Balaban J connectivity index is 1.52. The largest absolute Gasteiger partial charge is 0.573 e. The monoisotopic (exact) mass is 465 g/mol. The molecule has 3 aromatic rings. The molecule has 1 unspecified atom stereocenters. The number of nitrogens with zero attached hydrogens (tertiary/aromatic N) is 1. The lowest BCUT2D eigenvalue weighted by atomic mass is 9.94. The fourth-order valence-corrected chi connectivity index (χ4v) is 4.04. The second kappa shape index (κ2) is 8.43. The first-order chi connectivity index (χ1) is 15.1. The minimum Gasteiger partial charge on any atom is -0.404 e. The Labute approximate surface area is 185 Å². The summed E-state index contributed by atoms with van der Waals surface area (Å²) in [6.07, 6.45) is -2.73. The lowest BCUT2D eigenvalue weighted by molar-refractivity contribution is -0.274. The van der Waals surface area contributed by atoms with Crippen molar-refractivity contribution in [2.24, 2.45) is 0 Å². The quantitative estimate of drug-likeness (QED) is 0.423. The maximum atomic E-state index is 14.7. The Hall–Kier alpha value is -3.13.